The summed E-state index contributed by atoms with van der Waals surface area (Å²) in [5.41, 5.74) is 5.77. The van der Waals surface area contributed by atoms with E-state index in [9.17, 15) is 14.4 Å². The van der Waals surface area contributed by atoms with Crippen LogP contribution in [-0.4, -0.2) is 53.0 Å². The van der Waals surface area contributed by atoms with Crippen LogP contribution >= 0.6 is 0 Å². The number of nitrogens with one attached hydrogen (secondary N) is 1. The van der Waals surface area contributed by atoms with Gasteiger partial charge in [0, 0.05) is 24.6 Å². The van der Waals surface area contributed by atoms with E-state index in [0.29, 0.717) is 5.56 Å². The zero-order valence-corrected chi connectivity index (χ0v) is 11.4. The summed E-state index contributed by atoms with van der Waals surface area (Å²) >= 11 is 0. The van der Waals surface area contributed by atoms with Crippen LogP contribution in [0.3, 0.4) is 0 Å². The summed E-state index contributed by atoms with van der Waals surface area (Å²) in [4.78, 5) is 36.1. The Morgan fingerprint density at radius 3 is 2.52 bits per heavy atom. The third kappa shape index (κ3) is 3.38. The molecule has 21 heavy (non-hydrogen) atoms. The SMILES string of the molecule is NCC(=O)N1C[C@@H](NC(=O)c2ccccc2)C[C@@H]1C(=O)O. The van der Waals surface area contributed by atoms with Gasteiger partial charge in [0.15, 0.2) is 0 Å². The number of likely N-dealkylation sites (tertiary alicyclic amines) is 1. The minimum atomic E-state index is -1.09. The lowest BCUT2D eigenvalue weighted by Gasteiger charge is -2.20. The van der Waals surface area contributed by atoms with Crippen LogP contribution in [-0.2, 0) is 9.59 Å². The van der Waals surface area contributed by atoms with Crippen molar-refractivity contribution < 1.29 is 19.5 Å². The fourth-order valence-corrected chi connectivity index (χ4v) is 2.43. The second kappa shape index (κ2) is 6.36. The first kappa shape index (κ1) is 15.0. The number of carboxylic acids is 1. The molecule has 1 aromatic rings. The van der Waals surface area contributed by atoms with E-state index in [-0.39, 0.29) is 25.4 Å². The van der Waals surface area contributed by atoms with Crippen LogP contribution in [0.2, 0.25) is 0 Å². The molecule has 0 aromatic heterocycles. The van der Waals surface area contributed by atoms with Crippen molar-refractivity contribution in [2.24, 2.45) is 5.73 Å². The van der Waals surface area contributed by atoms with Gasteiger partial charge in [0.25, 0.3) is 5.91 Å². The van der Waals surface area contributed by atoms with E-state index in [1.54, 1.807) is 30.3 Å². The second-order valence-corrected chi connectivity index (χ2v) is 4.88. The zero-order chi connectivity index (χ0) is 15.4. The van der Waals surface area contributed by atoms with Crippen molar-refractivity contribution in [1.82, 2.24) is 10.2 Å². The first-order chi connectivity index (χ1) is 10.0. The van der Waals surface area contributed by atoms with Crippen molar-refractivity contribution in [2.45, 2.75) is 18.5 Å². The van der Waals surface area contributed by atoms with Crippen LogP contribution in [0.15, 0.2) is 30.3 Å². The summed E-state index contributed by atoms with van der Waals surface area (Å²) in [6, 6.07) is 7.29. The van der Waals surface area contributed by atoms with E-state index in [1.807, 2.05) is 0 Å². The molecule has 1 heterocycles. The molecule has 0 unspecified atom stereocenters. The molecule has 112 valence electrons. The Bertz CT molecular complexity index is 546. The first-order valence-corrected chi connectivity index (χ1v) is 6.61. The summed E-state index contributed by atoms with van der Waals surface area (Å²) < 4.78 is 0. The Morgan fingerprint density at radius 2 is 1.95 bits per heavy atom. The molecule has 1 aromatic carbocycles. The maximum absolute atomic E-state index is 12.0. The molecule has 0 spiro atoms. The number of nitrogens with two attached hydrogens (primary N) is 1. The number of carboxylic acid groups (broad SMARTS) is 1. The molecule has 0 bridgehead atoms. The zero-order valence-electron chi connectivity index (χ0n) is 11.4. The molecule has 4 N–H and O–H groups in total. The number of carbonyl (C=O) groups is 3. The average Bonchev–Trinajstić information content (AvgIpc) is 2.91. The molecular formula is C14H17N3O4. The van der Waals surface area contributed by atoms with Crippen molar-refractivity contribution in [3.05, 3.63) is 35.9 Å². The highest BCUT2D eigenvalue weighted by molar-refractivity contribution is 5.94. The van der Waals surface area contributed by atoms with Gasteiger partial charge in [-0.1, -0.05) is 18.2 Å². The third-order valence-corrected chi connectivity index (χ3v) is 3.45. The normalized spacial score (nSPS) is 21.1. The van der Waals surface area contributed by atoms with Gasteiger partial charge in [-0.15, -0.1) is 0 Å². The first-order valence-electron chi connectivity index (χ1n) is 6.61. The summed E-state index contributed by atoms with van der Waals surface area (Å²) in [6.07, 6.45) is 0.180. The van der Waals surface area contributed by atoms with Gasteiger partial charge < -0.3 is 21.1 Å². The summed E-state index contributed by atoms with van der Waals surface area (Å²) in [7, 11) is 0. The molecule has 0 radical (unpaired) electrons. The van der Waals surface area contributed by atoms with E-state index in [1.165, 1.54) is 4.90 Å². The monoisotopic (exact) mass is 291 g/mol. The van der Waals surface area contributed by atoms with Crippen molar-refractivity contribution in [1.29, 1.82) is 0 Å². The molecule has 7 nitrogen and oxygen atoms in total. The van der Waals surface area contributed by atoms with E-state index < -0.39 is 24.0 Å². The lowest BCUT2D eigenvalue weighted by Crippen LogP contribution is -2.44. The van der Waals surface area contributed by atoms with E-state index in [2.05, 4.69) is 5.32 Å². The van der Waals surface area contributed by atoms with Gasteiger partial charge in [-0.3, -0.25) is 9.59 Å². The summed E-state index contributed by atoms with van der Waals surface area (Å²) in [5, 5.41) is 11.9. The van der Waals surface area contributed by atoms with E-state index in [4.69, 9.17) is 10.8 Å². The lowest BCUT2D eigenvalue weighted by atomic mass is 10.1. The van der Waals surface area contributed by atoms with Gasteiger partial charge in [-0.05, 0) is 12.1 Å². The molecule has 1 aliphatic heterocycles. The van der Waals surface area contributed by atoms with Crippen molar-refractivity contribution in [3.8, 4) is 0 Å². The predicted molar refractivity (Wildman–Crippen MR) is 74.5 cm³/mol. The van der Waals surface area contributed by atoms with Gasteiger partial charge in [-0.25, -0.2) is 4.79 Å². The van der Waals surface area contributed by atoms with Crippen LogP contribution in [0, 0.1) is 0 Å². The van der Waals surface area contributed by atoms with Gasteiger partial charge >= 0.3 is 5.97 Å². The maximum atomic E-state index is 12.0. The summed E-state index contributed by atoms with van der Waals surface area (Å²) in [6.45, 7) is -0.0886. The number of amides is 2. The van der Waals surface area contributed by atoms with E-state index >= 15 is 0 Å². The lowest BCUT2D eigenvalue weighted by molar-refractivity contribution is -0.147. The number of nitrogens with zero attached hydrogens (tertiary/aromatic N) is 1. The maximum Gasteiger partial charge on any atom is 0.326 e. The average molecular weight is 291 g/mol. The van der Waals surface area contributed by atoms with Crippen molar-refractivity contribution >= 4 is 17.8 Å². The number of carbonyl (C=O) groups excluding carboxylic acids is 2. The topological polar surface area (TPSA) is 113 Å². The third-order valence-electron chi connectivity index (χ3n) is 3.45. The highest BCUT2D eigenvalue weighted by atomic mass is 16.4. The predicted octanol–water partition coefficient (Wildman–Crippen LogP) is -0.571. The molecule has 1 fully saturated rings. The Kier molecular flexibility index (Phi) is 4.54. The van der Waals surface area contributed by atoms with Gasteiger partial charge in [0.05, 0.1) is 6.54 Å². The van der Waals surface area contributed by atoms with Crippen molar-refractivity contribution in [3.63, 3.8) is 0 Å². The van der Waals surface area contributed by atoms with Crippen LogP contribution in [0.4, 0.5) is 0 Å². The number of aliphatic carboxylic acids is 1. The van der Waals surface area contributed by atoms with Gasteiger partial charge in [-0.2, -0.15) is 0 Å². The fourth-order valence-electron chi connectivity index (χ4n) is 2.43. The Balaban J connectivity index is 2.04. The van der Waals surface area contributed by atoms with Gasteiger partial charge in [0.1, 0.15) is 6.04 Å². The Hall–Kier alpha value is -2.41. The second-order valence-electron chi connectivity index (χ2n) is 4.88. The fraction of sp³-hybridized carbons (Fsp3) is 0.357. The molecular weight excluding hydrogens is 274 g/mol. The smallest absolute Gasteiger partial charge is 0.326 e. The van der Waals surface area contributed by atoms with E-state index in [0.717, 1.165) is 0 Å². The van der Waals surface area contributed by atoms with Crippen LogP contribution in [0.5, 0.6) is 0 Å². The largest absolute Gasteiger partial charge is 0.480 e. The molecule has 0 saturated carbocycles. The van der Waals surface area contributed by atoms with Crippen LogP contribution in [0.1, 0.15) is 16.8 Å². The molecule has 2 atom stereocenters. The molecule has 1 saturated heterocycles. The molecule has 1 aliphatic rings. The van der Waals surface area contributed by atoms with Crippen LogP contribution < -0.4 is 11.1 Å². The number of hydrogen-bond acceptors (Lipinski definition) is 4. The minimum Gasteiger partial charge on any atom is -0.480 e. The standard InChI is InChI=1S/C14H17N3O4/c15-7-12(18)17-8-10(6-11(17)14(20)21)16-13(19)9-4-2-1-3-5-9/h1-5,10-11H,6-8,15H2,(H,16,19)(H,20,21)/t10-,11+/m0/s1. The molecule has 2 amide bonds. The molecule has 0 aliphatic carbocycles. The number of hydrogen-bond donors (Lipinski definition) is 3. The molecule has 2 rings (SSSR count). The highest BCUT2D eigenvalue weighted by Crippen LogP contribution is 2.18. The summed E-state index contributed by atoms with van der Waals surface area (Å²) in [5.74, 6) is -1.81. The minimum absolute atomic E-state index is 0.158. The van der Waals surface area contributed by atoms with Crippen LogP contribution in [0.25, 0.3) is 0 Å². The Labute approximate surface area is 121 Å². The van der Waals surface area contributed by atoms with Crippen molar-refractivity contribution in [2.75, 3.05) is 13.1 Å². The van der Waals surface area contributed by atoms with Gasteiger partial charge in [0.2, 0.25) is 5.91 Å². The number of rotatable bonds is 4. The quantitative estimate of drug-likeness (QED) is 0.687. The highest BCUT2D eigenvalue weighted by Gasteiger charge is 2.39. The Morgan fingerprint density at radius 1 is 1.29 bits per heavy atom. The molecule has 7 heteroatoms. The number of benzene rings is 1.